The first-order valence-corrected chi connectivity index (χ1v) is 6.11. The second-order valence-electron chi connectivity index (χ2n) is 3.98. The van der Waals surface area contributed by atoms with Gasteiger partial charge >= 0.3 is 0 Å². The van der Waals surface area contributed by atoms with Crippen LogP contribution in [-0.2, 0) is 0 Å². The van der Waals surface area contributed by atoms with Gasteiger partial charge < -0.3 is 16.4 Å². The average Bonchev–Trinajstić information content (AvgIpc) is 2.82. The van der Waals surface area contributed by atoms with Crippen LogP contribution in [0.3, 0.4) is 0 Å². The molecule has 0 radical (unpaired) electrons. The van der Waals surface area contributed by atoms with Crippen LogP contribution in [0.5, 0.6) is 0 Å². The Morgan fingerprint density at radius 2 is 1.79 bits per heavy atom. The first-order valence-electron chi connectivity index (χ1n) is 6.11. The molecule has 0 aliphatic carbocycles. The predicted octanol–water partition coefficient (Wildman–Crippen LogP) is 2.62. The average molecular weight is 255 g/mol. The van der Waals surface area contributed by atoms with Crippen LogP contribution in [0.1, 0.15) is 6.92 Å². The quantitative estimate of drug-likeness (QED) is 0.662. The molecule has 1 rings (SSSR count). The van der Waals surface area contributed by atoms with Crippen molar-refractivity contribution in [3.8, 4) is 0 Å². The van der Waals surface area contributed by atoms with Crippen LogP contribution in [0.25, 0.3) is 0 Å². The van der Waals surface area contributed by atoms with Crippen molar-refractivity contribution >= 4 is 0 Å². The summed E-state index contributed by atoms with van der Waals surface area (Å²) in [6, 6.07) is 0. The number of nitrogens with one attached hydrogen (secondary N) is 2. The molecule has 0 aromatic rings. The highest BCUT2D eigenvalue weighted by Gasteiger charge is 2.22. The van der Waals surface area contributed by atoms with Gasteiger partial charge in [0.25, 0.3) is 0 Å². The van der Waals surface area contributed by atoms with E-state index in [1.54, 1.807) is 24.3 Å². The fraction of sp³-hybridized carbons (Fsp3) is 0.125. The Bertz CT molecular complexity index is 490. The zero-order chi connectivity index (χ0) is 14.3. The summed E-state index contributed by atoms with van der Waals surface area (Å²) in [5.74, 6) is 0. The van der Waals surface area contributed by atoms with Crippen LogP contribution in [0.2, 0.25) is 0 Å². The molecule has 1 aliphatic heterocycles. The highest BCUT2D eigenvalue weighted by molar-refractivity contribution is 5.41. The molecule has 3 heteroatoms. The number of allylic oxidation sites excluding steroid dienone is 6. The molecule has 1 atom stereocenters. The van der Waals surface area contributed by atoms with Crippen LogP contribution >= 0.6 is 0 Å². The third-order valence-corrected chi connectivity index (χ3v) is 2.74. The Balaban J connectivity index is 2.97. The van der Waals surface area contributed by atoms with Gasteiger partial charge in [-0.1, -0.05) is 44.0 Å². The van der Waals surface area contributed by atoms with Gasteiger partial charge in [0, 0.05) is 5.70 Å². The van der Waals surface area contributed by atoms with Crippen molar-refractivity contribution in [3.05, 3.63) is 84.9 Å². The van der Waals surface area contributed by atoms with Crippen molar-refractivity contribution in [1.29, 1.82) is 0 Å². The Hall–Kier alpha value is -2.42. The number of hydrogen-bond acceptors (Lipinski definition) is 3. The summed E-state index contributed by atoms with van der Waals surface area (Å²) >= 11 is 0. The molecule has 4 N–H and O–H groups in total. The van der Waals surface area contributed by atoms with E-state index in [4.69, 9.17) is 5.73 Å². The van der Waals surface area contributed by atoms with E-state index in [-0.39, 0.29) is 6.17 Å². The molecule has 0 saturated carbocycles. The van der Waals surface area contributed by atoms with E-state index in [1.165, 1.54) is 0 Å². The van der Waals surface area contributed by atoms with Gasteiger partial charge in [-0.3, -0.25) is 0 Å². The van der Waals surface area contributed by atoms with Crippen LogP contribution in [-0.4, -0.2) is 6.17 Å². The minimum absolute atomic E-state index is 0.0243. The molecule has 0 aromatic carbocycles. The molecule has 1 unspecified atom stereocenters. The molecule has 3 nitrogen and oxygen atoms in total. The van der Waals surface area contributed by atoms with Gasteiger partial charge in [-0.15, -0.1) is 0 Å². The van der Waals surface area contributed by atoms with Crippen molar-refractivity contribution < 1.29 is 0 Å². The van der Waals surface area contributed by atoms with Crippen LogP contribution < -0.4 is 16.4 Å². The lowest BCUT2D eigenvalue weighted by molar-refractivity contribution is 0.667. The summed E-state index contributed by atoms with van der Waals surface area (Å²) in [6.45, 7) is 13.1. The van der Waals surface area contributed by atoms with E-state index in [0.29, 0.717) is 5.70 Å². The molecule has 0 bridgehead atoms. The SMILES string of the molecule is C=C/C=C1/NC(/C(C=C)=C/C=C(/N)C=C)N/C1=C/C. The Morgan fingerprint density at radius 3 is 2.32 bits per heavy atom. The maximum Gasteiger partial charge on any atom is 0.123 e. The topological polar surface area (TPSA) is 50.1 Å². The predicted molar refractivity (Wildman–Crippen MR) is 82.8 cm³/mol. The fourth-order valence-corrected chi connectivity index (χ4v) is 1.71. The molecular formula is C16H21N3. The minimum Gasteiger partial charge on any atom is -0.399 e. The fourth-order valence-electron chi connectivity index (χ4n) is 1.71. The van der Waals surface area contributed by atoms with Gasteiger partial charge in [-0.25, -0.2) is 0 Å². The van der Waals surface area contributed by atoms with Gasteiger partial charge in [0.05, 0.1) is 11.4 Å². The molecule has 19 heavy (non-hydrogen) atoms. The Kier molecular flexibility index (Phi) is 5.48. The third-order valence-electron chi connectivity index (χ3n) is 2.74. The number of rotatable bonds is 5. The normalized spacial score (nSPS) is 23.9. The molecular weight excluding hydrogens is 234 g/mol. The molecule has 1 fully saturated rings. The monoisotopic (exact) mass is 255 g/mol. The zero-order valence-electron chi connectivity index (χ0n) is 11.3. The maximum absolute atomic E-state index is 5.69. The molecule has 1 saturated heterocycles. The van der Waals surface area contributed by atoms with Crippen molar-refractivity contribution in [3.63, 3.8) is 0 Å². The van der Waals surface area contributed by atoms with Gasteiger partial charge in [0.15, 0.2) is 0 Å². The van der Waals surface area contributed by atoms with E-state index in [2.05, 4.69) is 30.4 Å². The van der Waals surface area contributed by atoms with E-state index < -0.39 is 0 Å². The Labute approximate surface area is 115 Å². The van der Waals surface area contributed by atoms with Crippen molar-refractivity contribution in [1.82, 2.24) is 10.6 Å². The summed E-state index contributed by atoms with van der Waals surface area (Å²) < 4.78 is 0. The second-order valence-corrected chi connectivity index (χ2v) is 3.98. The van der Waals surface area contributed by atoms with Crippen molar-refractivity contribution in [2.24, 2.45) is 5.73 Å². The summed E-state index contributed by atoms with van der Waals surface area (Å²) in [5.41, 5.74) is 9.35. The second kappa shape index (κ2) is 7.11. The van der Waals surface area contributed by atoms with Crippen LogP contribution in [0.15, 0.2) is 84.9 Å². The van der Waals surface area contributed by atoms with Gasteiger partial charge in [-0.05, 0) is 30.7 Å². The largest absolute Gasteiger partial charge is 0.399 e. The van der Waals surface area contributed by atoms with E-state index in [1.807, 2.05) is 25.2 Å². The summed E-state index contributed by atoms with van der Waals surface area (Å²) in [6.07, 6.45) is 12.8. The highest BCUT2D eigenvalue weighted by atomic mass is 15.2. The van der Waals surface area contributed by atoms with E-state index in [0.717, 1.165) is 17.0 Å². The zero-order valence-corrected chi connectivity index (χ0v) is 11.3. The molecule has 100 valence electrons. The van der Waals surface area contributed by atoms with Gasteiger partial charge in [0.2, 0.25) is 0 Å². The Morgan fingerprint density at radius 1 is 1.11 bits per heavy atom. The lowest BCUT2D eigenvalue weighted by Crippen LogP contribution is -2.31. The van der Waals surface area contributed by atoms with E-state index in [9.17, 15) is 0 Å². The lowest BCUT2D eigenvalue weighted by atomic mass is 10.2. The molecule has 0 aromatic heterocycles. The van der Waals surface area contributed by atoms with Gasteiger partial charge in [-0.2, -0.15) is 0 Å². The molecule has 0 spiro atoms. The van der Waals surface area contributed by atoms with Gasteiger partial charge in [0.1, 0.15) is 6.17 Å². The first-order chi connectivity index (χ1) is 9.15. The lowest BCUT2D eigenvalue weighted by Gasteiger charge is -2.12. The van der Waals surface area contributed by atoms with Crippen molar-refractivity contribution in [2.45, 2.75) is 13.1 Å². The summed E-state index contributed by atoms with van der Waals surface area (Å²) in [5, 5.41) is 6.73. The smallest absolute Gasteiger partial charge is 0.123 e. The standard InChI is InChI=1S/C16H21N3/c1-5-9-15-14(8-4)18-16(19-15)12(6-2)10-11-13(17)7-3/h5-11,16,18-19H,1-3,17H2,4H3/b12-10+,13-11+,14-8+,15-9+. The highest BCUT2D eigenvalue weighted by Crippen LogP contribution is 2.17. The van der Waals surface area contributed by atoms with E-state index >= 15 is 0 Å². The maximum atomic E-state index is 5.69. The molecule has 1 aliphatic rings. The number of nitrogens with two attached hydrogens (primary N) is 1. The third kappa shape index (κ3) is 3.78. The summed E-state index contributed by atoms with van der Waals surface area (Å²) in [7, 11) is 0. The molecule has 0 amide bonds. The minimum atomic E-state index is -0.0243. The van der Waals surface area contributed by atoms with Crippen molar-refractivity contribution in [2.75, 3.05) is 0 Å². The summed E-state index contributed by atoms with van der Waals surface area (Å²) in [4.78, 5) is 0. The molecule has 1 heterocycles. The van der Waals surface area contributed by atoms with Crippen LogP contribution in [0.4, 0.5) is 0 Å². The van der Waals surface area contributed by atoms with Crippen LogP contribution in [0, 0.1) is 0 Å². The first kappa shape index (κ1) is 14.6. The number of hydrogen-bond donors (Lipinski definition) is 3.